The molecule has 2 aromatic heterocycles. The molecule has 1 amide bonds. The molecule has 0 saturated carbocycles. The SMILES string of the molecule is Cc1nc(C)c(C(=O)N2C3CCC2c2cncnc2C3)s1. The first kappa shape index (κ1) is 12.9. The highest BCUT2D eigenvalue weighted by molar-refractivity contribution is 7.13. The predicted molar refractivity (Wildman–Crippen MR) is 79.3 cm³/mol. The Hall–Kier alpha value is -1.82. The van der Waals surface area contributed by atoms with E-state index < -0.39 is 0 Å². The minimum atomic E-state index is 0.125. The van der Waals surface area contributed by atoms with Gasteiger partial charge in [0.1, 0.15) is 11.2 Å². The molecule has 0 spiro atoms. The topological polar surface area (TPSA) is 59.0 Å². The minimum absolute atomic E-state index is 0.125. The van der Waals surface area contributed by atoms with Crippen molar-refractivity contribution >= 4 is 17.2 Å². The largest absolute Gasteiger partial charge is 0.327 e. The van der Waals surface area contributed by atoms with Gasteiger partial charge in [-0.1, -0.05) is 0 Å². The fourth-order valence-electron chi connectivity index (χ4n) is 3.58. The number of thiazole rings is 1. The molecule has 0 N–H and O–H groups in total. The van der Waals surface area contributed by atoms with Crippen molar-refractivity contribution in [2.75, 3.05) is 0 Å². The van der Waals surface area contributed by atoms with Gasteiger partial charge in [0.05, 0.1) is 22.4 Å². The van der Waals surface area contributed by atoms with Crippen LogP contribution in [0, 0.1) is 13.8 Å². The summed E-state index contributed by atoms with van der Waals surface area (Å²) in [7, 11) is 0. The first-order chi connectivity index (χ1) is 10.1. The lowest BCUT2D eigenvalue weighted by atomic mass is 9.99. The van der Waals surface area contributed by atoms with Crippen molar-refractivity contribution in [1.82, 2.24) is 19.9 Å². The summed E-state index contributed by atoms with van der Waals surface area (Å²) in [6, 6.07) is 0.404. The highest BCUT2D eigenvalue weighted by atomic mass is 32.1. The molecule has 1 saturated heterocycles. The van der Waals surface area contributed by atoms with Crippen LogP contribution in [0.15, 0.2) is 12.5 Å². The van der Waals surface area contributed by atoms with Gasteiger partial charge in [-0.25, -0.2) is 15.0 Å². The molecule has 6 heteroatoms. The van der Waals surface area contributed by atoms with E-state index in [0.717, 1.165) is 46.1 Å². The van der Waals surface area contributed by atoms with E-state index in [1.807, 2.05) is 24.9 Å². The maximum absolute atomic E-state index is 13.0. The van der Waals surface area contributed by atoms with E-state index in [1.165, 1.54) is 11.3 Å². The predicted octanol–water partition coefficient (Wildman–Crippen LogP) is 2.45. The van der Waals surface area contributed by atoms with Crippen LogP contribution in [0.4, 0.5) is 0 Å². The Morgan fingerprint density at radius 2 is 2.24 bits per heavy atom. The van der Waals surface area contributed by atoms with Crippen LogP contribution in [0.25, 0.3) is 0 Å². The number of carbonyl (C=O) groups is 1. The van der Waals surface area contributed by atoms with Crippen molar-refractivity contribution in [3.8, 4) is 0 Å². The Kier molecular flexibility index (Phi) is 2.82. The van der Waals surface area contributed by atoms with Gasteiger partial charge in [-0.2, -0.15) is 0 Å². The molecule has 2 atom stereocenters. The van der Waals surface area contributed by atoms with Gasteiger partial charge >= 0.3 is 0 Å². The lowest BCUT2D eigenvalue weighted by Gasteiger charge is -2.35. The van der Waals surface area contributed by atoms with Gasteiger partial charge in [0.2, 0.25) is 0 Å². The number of nitrogens with zero attached hydrogens (tertiary/aromatic N) is 4. The average Bonchev–Trinajstić information content (AvgIpc) is 2.97. The van der Waals surface area contributed by atoms with Crippen LogP contribution in [0.1, 0.15) is 50.5 Å². The Labute approximate surface area is 127 Å². The van der Waals surface area contributed by atoms with Crippen LogP contribution in [0.5, 0.6) is 0 Å². The van der Waals surface area contributed by atoms with E-state index in [2.05, 4.69) is 15.0 Å². The fraction of sp³-hybridized carbons (Fsp3) is 0.467. The van der Waals surface area contributed by atoms with Crippen LogP contribution in [0.3, 0.4) is 0 Å². The van der Waals surface area contributed by atoms with Gasteiger partial charge in [0.15, 0.2) is 0 Å². The number of aryl methyl sites for hydroxylation is 2. The molecule has 0 aliphatic carbocycles. The summed E-state index contributed by atoms with van der Waals surface area (Å²) in [6.45, 7) is 3.86. The minimum Gasteiger partial charge on any atom is -0.327 e. The molecule has 5 nitrogen and oxygen atoms in total. The maximum atomic E-state index is 13.0. The van der Waals surface area contributed by atoms with E-state index >= 15 is 0 Å². The van der Waals surface area contributed by atoms with Crippen molar-refractivity contribution in [2.24, 2.45) is 0 Å². The summed E-state index contributed by atoms with van der Waals surface area (Å²) in [5, 5.41) is 0.948. The van der Waals surface area contributed by atoms with Crippen molar-refractivity contribution in [3.05, 3.63) is 39.4 Å². The molecule has 0 radical (unpaired) electrons. The Balaban J connectivity index is 1.74. The summed E-state index contributed by atoms with van der Waals surface area (Å²) in [6.07, 6.45) is 6.38. The second kappa shape index (κ2) is 4.59. The summed E-state index contributed by atoms with van der Waals surface area (Å²) in [4.78, 5) is 28.7. The summed E-state index contributed by atoms with van der Waals surface area (Å²) in [5.41, 5.74) is 3.08. The normalized spacial score (nSPS) is 23.2. The molecule has 21 heavy (non-hydrogen) atoms. The highest BCUT2D eigenvalue weighted by Crippen LogP contribution is 2.43. The van der Waals surface area contributed by atoms with Crippen LogP contribution >= 0.6 is 11.3 Å². The van der Waals surface area contributed by atoms with Crippen molar-refractivity contribution in [2.45, 2.75) is 45.2 Å². The third kappa shape index (κ3) is 1.89. The second-order valence-electron chi connectivity index (χ2n) is 5.74. The van der Waals surface area contributed by atoms with Crippen molar-refractivity contribution in [3.63, 3.8) is 0 Å². The van der Waals surface area contributed by atoms with Crippen LogP contribution in [-0.4, -0.2) is 31.8 Å². The smallest absolute Gasteiger partial charge is 0.266 e. The van der Waals surface area contributed by atoms with Crippen LogP contribution < -0.4 is 0 Å². The molecule has 0 aromatic carbocycles. The third-order valence-electron chi connectivity index (χ3n) is 4.45. The monoisotopic (exact) mass is 300 g/mol. The molecule has 2 aromatic rings. The summed E-state index contributed by atoms with van der Waals surface area (Å²) >= 11 is 1.50. The van der Waals surface area contributed by atoms with Crippen molar-refractivity contribution < 1.29 is 4.79 Å². The Bertz CT molecular complexity index is 726. The van der Waals surface area contributed by atoms with Gasteiger partial charge in [0.25, 0.3) is 5.91 Å². The van der Waals surface area contributed by atoms with Gasteiger partial charge in [-0.3, -0.25) is 4.79 Å². The average molecular weight is 300 g/mol. The molecule has 2 unspecified atom stereocenters. The Morgan fingerprint density at radius 3 is 3.00 bits per heavy atom. The molecule has 1 fully saturated rings. The number of fused-ring (bicyclic) bond motifs is 4. The summed E-state index contributed by atoms with van der Waals surface area (Å²) in [5.74, 6) is 0.125. The fourth-order valence-corrected chi connectivity index (χ4v) is 4.44. The number of aromatic nitrogens is 3. The number of carbonyl (C=O) groups excluding carboxylic acids is 1. The third-order valence-corrected chi connectivity index (χ3v) is 5.51. The zero-order valence-corrected chi connectivity index (χ0v) is 12.9. The number of rotatable bonds is 1. The molecule has 2 bridgehead atoms. The molecular weight excluding hydrogens is 284 g/mol. The first-order valence-corrected chi connectivity index (χ1v) is 8.02. The quantitative estimate of drug-likeness (QED) is 0.811. The van der Waals surface area contributed by atoms with Gasteiger partial charge in [-0.05, 0) is 26.7 Å². The standard InChI is InChI=1S/C15H16N4OS/c1-8-14(21-9(2)18-8)15(20)19-10-3-4-13(19)11-6-16-7-17-12(11)5-10/h6-7,10,13H,3-5H2,1-2H3. The van der Waals surface area contributed by atoms with Gasteiger partial charge < -0.3 is 4.90 Å². The molecule has 108 valence electrons. The molecule has 4 rings (SSSR count). The van der Waals surface area contributed by atoms with Crippen LogP contribution in [-0.2, 0) is 6.42 Å². The maximum Gasteiger partial charge on any atom is 0.266 e. The van der Waals surface area contributed by atoms with E-state index in [1.54, 1.807) is 6.33 Å². The van der Waals surface area contributed by atoms with E-state index in [4.69, 9.17) is 0 Å². The zero-order chi connectivity index (χ0) is 14.6. The number of hydrogen-bond acceptors (Lipinski definition) is 5. The Morgan fingerprint density at radius 1 is 1.38 bits per heavy atom. The van der Waals surface area contributed by atoms with E-state index in [9.17, 15) is 4.79 Å². The number of amides is 1. The van der Waals surface area contributed by atoms with E-state index in [-0.39, 0.29) is 18.0 Å². The molecule has 2 aliphatic heterocycles. The first-order valence-electron chi connectivity index (χ1n) is 7.20. The lowest BCUT2D eigenvalue weighted by molar-refractivity contribution is 0.0648. The second-order valence-corrected chi connectivity index (χ2v) is 6.94. The van der Waals surface area contributed by atoms with Gasteiger partial charge in [0, 0.05) is 24.2 Å². The molecule has 2 aliphatic rings. The highest BCUT2D eigenvalue weighted by Gasteiger charge is 2.44. The van der Waals surface area contributed by atoms with Crippen molar-refractivity contribution in [1.29, 1.82) is 0 Å². The van der Waals surface area contributed by atoms with E-state index in [0.29, 0.717) is 0 Å². The summed E-state index contributed by atoms with van der Waals surface area (Å²) < 4.78 is 0. The van der Waals surface area contributed by atoms with Gasteiger partial charge in [-0.15, -0.1) is 11.3 Å². The number of hydrogen-bond donors (Lipinski definition) is 0. The molecular formula is C15H16N4OS. The zero-order valence-electron chi connectivity index (χ0n) is 12.0. The molecule has 4 heterocycles. The lowest BCUT2D eigenvalue weighted by Crippen LogP contribution is -2.42. The van der Waals surface area contributed by atoms with Crippen LogP contribution in [0.2, 0.25) is 0 Å².